The number of hydrogen-bond donors (Lipinski definition) is 1. The maximum atomic E-state index is 6.41. The van der Waals surface area contributed by atoms with Crippen LogP contribution in [0, 0.1) is 6.92 Å². The van der Waals surface area contributed by atoms with Gasteiger partial charge in [0.1, 0.15) is 0 Å². The zero-order chi connectivity index (χ0) is 19.8. The first-order chi connectivity index (χ1) is 13.4. The molecule has 3 nitrogen and oxygen atoms in total. The van der Waals surface area contributed by atoms with E-state index < -0.39 is 0 Å². The summed E-state index contributed by atoms with van der Waals surface area (Å²) in [5, 5.41) is 2.97. The van der Waals surface area contributed by atoms with Crippen LogP contribution in [-0.2, 0) is 15.0 Å². The second kappa shape index (κ2) is 9.91. The Kier molecular flexibility index (Phi) is 8.04. The minimum atomic E-state index is 0. The van der Waals surface area contributed by atoms with E-state index in [1.54, 1.807) is 0 Å². The number of halogens is 2. The van der Waals surface area contributed by atoms with Crippen LogP contribution in [0.25, 0.3) is 26.3 Å². The van der Waals surface area contributed by atoms with Crippen molar-refractivity contribution in [1.29, 1.82) is 0 Å². The van der Waals surface area contributed by atoms with Crippen LogP contribution in [0.1, 0.15) is 36.7 Å². The van der Waals surface area contributed by atoms with Gasteiger partial charge in [0.2, 0.25) is 0 Å². The molecule has 6 heteroatoms. The van der Waals surface area contributed by atoms with Crippen LogP contribution in [0.2, 0.25) is 5.02 Å². The average molecular weight is 482 g/mol. The molecule has 158 valence electrons. The summed E-state index contributed by atoms with van der Waals surface area (Å²) in [5.41, 5.74) is 5.01. The quantitative estimate of drug-likeness (QED) is 0.256. The number of hydrogen-bond acceptors (Lipinski definition) is 3. The minimum Gasteiger partial charge on any atom is -0.344 e. The Morgan fingerprint density at radius 1 is 0.933 bits per heavy atom. The zero-order valence-electron chi connectivity index (χ0n) is 17.2. The van der Waals surface area contributed by atoms with E-state index in [4.69, 9.17) is 21.6 Å². The van der Waals surface area contributed by atoms with Gasteiger partial charge in [0, 0.05) is 0 Å². The maximum absolute atomic E-state index is 6.41. The van der Waals surface area contributed by atoms with Crippen LogP contribution in [0.15, 0.2) is 61.2 Å². The first-order valence-corrected chi connectivity index (χ1v) is 10.7. The fraction of sp³-hybridized carbons (Fsp3) is 0.167. The van der Waals surface area contributed by atoms with Gasteiger partial charge in [0.05, 0.1) is 0 Å². The Hall–Kier alpha value is -1.94. The second-order valence-electron chi connectivity index (χ2n) is 7.13. The molecule has 0 radical (unpaired) electrons. The topological polar surface area (TPSA) is 60.8 Å². The number of aromatic nitrogens is 2. The molecule has 2 aromatic heterocycles. The van der Waals surface area contributed by atoms with Gasteiger partial charge in [0.25, 0.3) is 0 Å². The monoisotopic (exact) mass is 481 g/mol. The molecule has 0 aliphatic carbocycles. The van der Waals surface area contributed by atoms with Crippen LogP contribution >= 0.6 is 24.0 Å². The summed E-state index contributed by atoms with van der Waals surface area (Å²) in [6, 6.07) is 18.6. The predicted molar refractivity (Wildman–Crippen MR) is 128 cm³/mol. The molecule has 0 fully saturated rings. The smallest absolute Gasteiger partial charge is 0.147 e. The Labute approximate surface area is 195 Å². The van der Waals surface area contributed by atoms with E-state index in [-0.39, 0.29) is 18.6 Å². The van der Waals surface area contributed by atoms with Crippen molar-refractivity contribution in [3.05, 3.63) is 83.2 Å². The molecule has 2 aromatic carbocycles. The Morgan fingerprint density at radius 2 is 1.53 bits per heavy atom. The Balaban J connectivity index is 0.00000160. The molecule has 0 amide bonds. The Morgan fingerprint density at radius 3 is 2.17 bits per heavy atom. The van der Waals surface area contributed by atoms with Gasteiger partial charge in [-0.1, -0.05) is 0 Å². The number of benzene rings is 2. The molecule has 0 saturated carbocycles. The van der Waals surface area contributed by atoms with Crippen LogP contribution in [0.3, 0.4) is 0 Å². The zero-order valence-corrected chi connectivity index (χ0v) is 19.9. The summed E-state index contributed by atoms with van der Waals surface area (Å²) in [7, 11) is 0. The second-order valence-corrected chi connectivity index (χ2v) is 9.04. The van der Waals surface area contributed by atoms with E-state index in [9.17, 15) is 0 Å². The molecule has 3 N–H and O–H groups in total. The number of pyridine rings is 2. The first-order valence-electron chi connectivity index (χ1n) is 9.21. The van der Waals surface area contributed by atoms with Crippen LogP contribution in [-0.4, -0.2) is 9.97 Å². The molecule has 0 unspecified atom stereocenters. The van der Waals surface area contributed by atoms with Crippen LogP contribution in [0.4, 0.5) is 0 Å². The molecule has 30 heavy (non-hydrogen) atoms. The van der Waals surface area contributed by atoms with Crippen LogP contribution in [0.5, 0.6) is 0 Å². The largest absolute Gasteiger partial charge is 0.344 e. The summed E-state index contributed by atoms with van der Waals surface area (Å²) in [6.45, 7) is 10.7. The molecule has 0 bridgehead atoms. The van der Waals surface area contributed by atoms with Crippen molar-refractivity contribution in [3.8, 4) is 0 Å². The molecule has 0 aliphatic heterocycles. The van der Waals surface area contributed by atoms with Gasteiger partial charge in [-0.3, -0.25) is 0 Å². The summed E-state index contributed by atoms with van der Waals surface area (Å²) in [6.07, 6.45) is 0. The van der Waals surface area contributed by atoms with Gasteiger partial charge in [0.15, 0.2) is 0 Å². The Bertz CT molecular complexity index is 1200. The van der Waals surface area contributed by atoms with E-state index in [2.05, 4.69) is 63.7 Å². The molecule has 0 spiro atoms. The van der Waals surface area contributed by atoms with Crippen molar-refractivity contribution in [2.75, 3.05) is 0 Å². The summed E-state index contributed by atoms with van der Waals surface area (Å²) in [4.78, 5) is 9.86. The van der Waals surface area contributed by atoms with Crippen LogP contribution < -0.4 is 10.6 Å². The van der Waals surface area contributed by atoms with Crippen molar-refractivity contribution in [2.45, 2.75) is 26.7 Å². The minimum absolute atomic E-state index is 0. The SMILES string of the molecule is C=[C]([Fe][c]1c(C)cccc1Cl)c1ccc2ccc3ccc(C(C)C)nc3c2n1.Cl.N. The third-order valence-corrected chi connectivity index (χ3v) is 6.82. The molecule has 4 aromatic rings. The van der Waals surface area contributed by atoms with E-state index in [1.165, 1.54) is 5.56 Å². The number of nitrogens with zero attached hydrogens (tertiary/aromatic N) is 2. The number of aryl methyl sites for hydroxylation is 1. The van der Waals surface area contributed by atoms with Crippen molar-refractivity contribution in [2.24, 2.45) is 0 Å². The molecule has 2 heterocycles. The van der Waals surface area contributed by atoms with E-state index in [0.29, 0.717) is 20.9 Å². The molecular weight excluding hydrogens is 457 g/mol. The molecular formula is C24H25Cl2FeN3. The van der Waals surface area contributed by atoms with E-state index in [1.807, 2.05) is 18.2 Å². The van der Waals surface area contributed by atoms with Crippen molar-refractivity contribution in [3.63, 3.8) is 0 Å². The van der Waals surface area contributed by atoms with Crippen molar-refractivity contribution in [1.82, 2.24) is 16.1 Å². The number of rotatable bonds is 4. The molecule has 0 aliphatic rings. The molecule has 4 rings (SSSR count). The summed E-state index contributed by atoms with van der Waals surface area (Å²) in [5.74, 6) is 0.376. The normalized spacial score (nSPS) is 10.8. The third kappa shape index (κ3) is 4.69. The summed E-state index contributed by atoms with van der Waals surface area (Å²) < 4.78 is 2.06. The van der Waals surface area contributed by atoms with Gasteiger partial charge in [-0.2, -0.15) is 0 Å². The molecule has 0 atom stereocenters. The third-order valence-electron chi connectivity index (χ3n) is 4.73. The van der Waals surface area contributed by atoms with E-state index >= 15 is 0 Å². The standard InChI is InChI=1S/C17H15N2.C7H6Cl.ClH.Fe.H3N/c1-4-14-9-7-12-5-6-13-8-10-15(11(2)3)19-17(13)16(12)18-14;1-6-3-2-4-7(8)5-6;;;/h5-11H,1H2,2-3H3;2-4H,1H3;1H;;1H3. The van der Waals surface area contributed by atoms with Gasteiger partial charge in [-0.25, -0.2) is 0 Å². The van der Waals surface area contributed by atoms with Crippen molar-refractivity contribution < 1.29 is 15.0 Å². The van der Waals surface area contributed by atoms with Crippen molar-refractivity contribution >= 4 is 54.7 Å². The fourth-order valence-electron chi connectivity index (χ4n) is 3.12. The number of fused-ring (bicyclic) bond motifs is 3. The van der Waals surface area contributed by atoms with Gasteiger partial charge in [-0.05, 0) is 0 Å². The van der Waals surface area contributed by atoms with E-state index in [0.717, 1.165) is 47.1 Å². The first kappa shape index (κ1) is 24.3. The maximum Gasteiger partial charge on any atom is -0.147 e. The van der Waals surface area contributed by atoms with Gasteiger partial charge in [-0.15, -0.1) is 12.4 Å². The summed E-state index contributed by atoms with van der Waals surface area (Å²) >= 11 is 7.09. The average Bonchev–Trinajstić information content (AvgIpc) is 2.69. The van der Waals surface area contributed by atoms with Gasteiger partial charge >= 0.3 is 177 Å². The molecule has 0 saturated heterocycles. The van der Waals surface area contributed by atoms with Gasteiger partial charge < -0.3 is 6.15 Å². The fourth-order valence-corrected chi connectivity index (χ4v) is 4.64. The predicted octanol–water partition coefficient (Wildman–Crippen LogP) is 6.83.